The van der Waals surface area contributed by atoms with Gasteiger partial charge in [0.2, 0.25) is 17.7 Å². The Balaban J connectivity index is 0.965. The molecular formula is C37H53N13O24P4. The first kappa shape index (κ1) is 59.1. The van der Waals surface area contributed by atoms with E-state index in [9.17, 15) is 72.3 Å². The minimum Gasteiger partial charge on any atom is -0.778 e. The lowest BCUT2D eigenvalue weighted by atomic mass is 9.98. The van der Waals surface area contributed by atoms with Crippen LogP contribution in [0.15, 0.2) is 45.6 Å². The number of hydrogen-bond donors (Lipinski definition) is 11. The highest BCUT2D eigenvalue weighted by Gasteiger charge is 2.55. The summed E-state index contributed by atoms with van der Waals surface area (Å²) in [6.45, 7) is -1.93. The summed E-state index contributed by atoms with van der Waals surface area (Å²) >= 11 is 0. The van der Waals surface area contributed by atoms with E-state index in [1.54, 1.807) is 0 Å². The van der Waals surface area contributed by atoms with Crippen LogP contribution in [0.5, 0.6) is 0 Å². The molecule has 0 bridgehead atoms. The molecule has 8 rings (SSSR count). The van der Waals surface area contributed by atoms with Crippen molar-refractivity contribution < 1.29 is 104 Å². The third kappa shape index (κ3) is 12.6. The zero-order valence-corrected chi connectivity index (χ0v) is 44.4. The number of rotatable bonds is 23. The molecule has 4 unspecified atom stereocenters. The van der Waals surface area contributed by atoms with E-state index in [0.717, 1.165) is 41.2 Å². The van der Waals surface area contributed by atoms with Crippen molar-refractivity contribution in [3.05, 3.63) is 62.4 Å². The number of aliphatic hydroxyl groups excluding tert-OH is 3. The van der Waals surface area contributed by atoms with E-state index in [1.807, 2.05) is 11.9 Å². The molecule has 1 amide bonds. The maximum absolute atomic E-state index is 14.2. The molecule has 37 nitrogen and oxygen atoms in total. The molecule has 41 heteroatoms. The average Bonchev–Trinajstić information content (AvgIpc) is 4.26. The van der Waals surface area contributed by atoms with Crippen molar-refractivity contribution in [2.45, 2.75) is 93.3 Å². The van der Waals surface area contributed by atoms with Gasteiger partial charge in [0.1, 0.15) is 50.0 Å². The number of aromatic amines is 2. The fourth-order valence-electron chi connectivity index (χ4n) is 8.97. The number of aliphatic hydroxyl groups is 3. The zero-order chi connectivity index (χ0) is 56.8. The van der Waals surface area contributed by atoms with Gasteiger partial charge in [-0.2, -0.15) is 8.62 Å². The number of nitrogens with two attached hydrogens (primary N) is 2. The summed E-state index contributed by atoms with van der Waals surface area (Å²) in [5, 5.41) is 35.6. The van der Waals surface area contributed by atoms with Gasteiger partial charge >= 0.3 is 34.8 Å². The quantitative estimate of drug-likeness (QED) is 0.0220. The Morgan fingerprint density at radius 2 is 1.54 bits per heavy atom. The van der Waals surface area contributed by atoms with E-state index in [2.05, 4.69) is 38.9 Å². The fourth-order valence-corrected chi connectivity index (χ4v) is 14.2. The number of fused-ring (bicyclic) bond motifs is 2. The van der Waals surface area contributed by atoms with Crippen molar-refractivity contribution in [3.8, 4) is 0 Å². The van der Waals surface area contributed by atoms with Gasteiger partial charge in [-0.15, -0.1) is 0 Å². The van der Waals surface area contributed by atoms with Crippen molar-refractivity contribution in [3.63, 3.8) is 0 Å². The number of nitrogen functional groups attached to an aromatic ring is 2. The number of anilines is 2. The van der Waals surface area contributed by atoms with Gasteiger partial charge in [0.25, 0.3) is 17.1 Å². The topological polar surface area (TPSA) is 530 Å². The molecule has 3 aliphatic heterocycles. The van der Waals surface area contributed by atoms with Crippen molar-refractivity contribution in [1.82, 2.24) is 48.9 Å². The number of imidazole rings is 2. The first-order valence-electron chi connectivity index (χ1n) is 23.1. The minimum absolute atomic E-state index is 0.000428. The number of hydrogen-bond acceptors (Lipinski definition) is 27. The van der Waals surface area contributed by atoms with Gasteiger partial charge in [-0.05, 0) is 6.42 Å². The molecule has 0 radical (unpaired) electrons. The molecule has 430 valence electrons. The number of unbranched alkanes of at least 4 members (excludes halogenated alkanes) is 1. The van der Waals surface area contributed by atoms with E-state index in [-0.39, 0.29) is 47.1 Å². The van der Waals surface area contributed by atoms with Crippen LogP contribution in [-0.4, -0.2) is 161 Å². The summed E-state index contributed by atoms with van der Waals surface area (Å²) in [7, 11) is -21.2. The third-order valence-corrected chi connectivity index (χ3v) is 18.7. The van der Waals surface area contributed by atoms with Crippen LogP contribution in [0, 0.1) is 5.92 Å². The first-order valence-corrected chi connectivity index (χ1v) is 29.2. The number of ether oxygens (including phenoxy) is 4. The smallest absolute Gasteiger partial charge is 0.490 e. The summed E-state index contributed by atoms with van der Waals surface area (Å²) in [5.41, 5.74) is 7.01. The number of aromatic nitrogens is 10. The van der Waals surface area contributed by atoms with Gasteiger partial charge in [0.05, 0.1) is 51.1 Å². The van der Waals surface area contributed by atoms with Crippen LogP contribution in [0.2, 0.25) is 0 Å². The van der Waals surface area contributed by atoms with Crippen LogP contribution < -0.4 is 43.1 Å². The Morgan fingerprint density at radius 1 is 0.872 bits per heavy atom. The molecule has 3 saturated heterocycles. The van der Waals surface area contributed by atoms with Gasteiger partial charge in [0.15, 0.2) is 30.2 Å². The molecule has 3 fully saturated rings. The Kier molecular flexibility index (Phi) is 17.6. The molecule has 5 aromatic rings. The number of methoxy groups -OCH3 is 1. The third-order valence-electron chi connectivity index (χ3n) is 12.6. The lowest BCUT2D eigenvalue weighted by Crippen LogP contribution is -2.46. The second kappa shape index (κ2) is 23.2. The highest BCUT2D eigenvalue weighted by molar-refractivity contribution is 7.66. The Morgan fingerprint density at radius 3 is 2.21 bits per heavy atom. The SMILES string of the molecule is CCCCC(=O)NC[C@H]1[C@@H](O)[C@H]([n+]2cn(C)c3c(=O)[nH]c(N)nc32)O[C@@H]1COP(=O)(O)OP(=O)(O)OP(=O)(O)OC[C@H]1O[C@@H](n2cnc3c(N)ncnc32)[C@H](OC)[C@@H]1P(=O)([O-])OC[C@H]1O[C@@H](n2ccc(=O)[nH]c2=O)[C@H](O)[C@@H]1O. The zero-order valence-electron chi connectivity index (χ0n) is 40.8. The van der Waals surface area contributed by atoms with Crippen LogP contribution in [0.25, 0.3) is 22.3 Å². The van der Waals surface area contributed by atoms with E-state index >= 15 is 0 Å². The second-order valence-electron chi connectivity index (χ2n) is 17.8. The molecule has 16 atom stereocenters. The molecule has 13 N–H and O–H groups in total. The molecule has 0 aromatic carbocycles. The highest BCUT2D eigenvalue weighted by Crippen LogP contribution is 2.68. The van der Waals surface area contributed by atoms with E-state index in [4.69, 9.17) is 44.0 Å². The van der Waals surface area contributed by atoms with E-state index < -0.39 is 147 Å². The summed E-state index contributed by atoms with van der Waals surface area (Å²) < 4.78 is 105. The van der Waals surface area contributed by atoms with Crippen LogP contribution >= 0.6 is 31.1 Å². The molecule has 0 aliphatic carbocycles. The predicted octanol–water partition coefficient (Wildman–Crippen LogP) is -3.88. The Hall–Kier alpha value is -5.07. The molecule has 3 aliphatic rings. The van der Waals surface area contributed by atoms with E-state index in [1.165, 1.54) is 22.5 Å². The number of nitrogens with one attached hydrogen (secondary N) is 3. The number of amides is 1. The number of H-pyrrole nitrogens is 2. The normalized spacial score (nSPS) is 29.6. The van der Waals surface area contributed by atoms with Crippen molar-refractivity contribution in [2.75, 3.05) is 44.9 Å². The number of nitrogens with zero attached hydrogens (tertiary/aromatic N) is 8. The lowest BCUT2D eigenvalue weighted by Gasteiger charge is -2.35. The molecule has 8 heterocycles. The van der Waals surface area contributed by atoms with Crippen LogP contribution in [-0.2, 0) is 71.2 Å². The van der Waals surface area contributed by atoms with Gasteiger partial charge in [0, 0.05) is 38.3 Å². The van der Waals surface area contributed by atoms with Crippen LogP contribution in [0.1, 0.15) is 44.9 Å². The maximum atomic E-state index is 14.2. The van der Waals surface area contributed by atoms with Crippen molar-refractivity contribution in [1.29, 1.82) is 0 Å². The van der Waals surface area contributed by atoms with Crippen molar-refractivity contribution >= 4 is 71.1 Å². The van der Waals surface area contributed by atoms with Crippen LogP contribution in [0.3, 0.4) is 0 Å². The van der Waals surface area contributed by atoms with Gasteiger partial charge < -0.3 is 79.7 Å². The monoisotopic (exact) mass is 1190 g/mol. The Labute approximate surface area is 436 Å². The van der Waals surface area contributed by atoms with Gasteiger partial charge in [-0.3, -0.25) is 47.1 Å². The second-order valence-corrected chi connectivity index (χ2v) is 24.4. The lowest BCUT2D eigenvalue weighted by molar-refractivity contribution is -0.745. The van der Waals surface area contributed by atoms with Gasteiger partial charge in [-0.25, -0.2) is 38.0 Å². The number of phosphoric acid groups is 3. The van der Waals surface area contributed by atoms with Crippen molar-refractivity contribution in [2.24, 2.45) is 13.0 Å². The fraction of sp³-hybridized carbons (Fsp3) is 0.595. The Bertz CT molecular complexity index is 3410. The summed E-state index contributed by atoms with van der Waals surface area (Å²) in [6.07, 6.45) is -11.1. The molecule has 78 heavy (non-hydrogen) atoms. The number of phosphoric ester groups is 2. The van der Waals surface area contributed by atoms with Gasteiger partial charge in [-0.1, -0.05) is 18.3 Å². The number of aryl methyl sites for hydroxylation is 1. The average molecular weight is 1190 g/mol. The summed E-state index contributed by atoms with van der Waals surface area (Å²) in [4.78, 5) is 116. The molecular weight excluding hydrogens is 1130 g/mol. The first-order chi connectivity index (χ1) is 36.6. The number of carbonyl (C=O) groups is 1. The number of carbonyl (C=O) groups excluding carboxylic acids is 1. The molecule has 0 spiro atoms. The van der Waals surface area contributed by atoms with Crippen LogP contribution in [0.4, 0.5) is 11.8 Å². The largest absolute Gasteiger partial charge is 0.778 e. The predicted molar refractivity (Wildman–Crippen MR) is 254 cm³/mol. The molecule has 5 aromatic heterocycles. The molecule has 0 saturated carbocycles. The van der Waals surface area contributed by atoms with E-state index in [0.29, 0.717) is 12.8 Å². The minimum atomic E-state index is -6.26. The summed E-state index contributed by atoms with van der Waals surface area (Å²) in [6, 6.07) is 0.914. The standard InChI is InChI=1S/C37H53N13O24P4/c1-4-5-6-20(51)40-9-16-17(70-33(24(16)53)50-15-47(2)23-31(50)45-36(39)46-32(23)56)10-68-76(60,61)73-78(64,65)74-77(62,63)69-12-19-28(27(66-3)35(72-19)49-14-43-22-29(38)41-13-42-30(22)49)75(58,59)67-11-18-25(54)26(55)34(71-18)48-8-7-21(52)44-37(48)57/h7-8,13-19,24-28,33-35,53-55H,4-6,9-12H2,1-3H3,(H10-,38,39,40,41,42,44,45,46,51,52,56,57,58,59,60,61,62,63,64,65)/t16-,17-,18-,19-,24-,25-,26-,27-,28-,33-,34-,35-/m1/s1. The maximum Gasteiger partial charge on any atom is 0.490 e. The highest BCUT2D eigenvalue weighted by atomic mass is 31.3. The summed E-state index contributed by atoms with van der Waals surface area (Å²) in [5.74, 6) is -2.00.